The zero-order valence-corrected chi connectivity index (χ0v) is 5.97. The Morgan fingerprint density at radius 2 is 2.18 bits per heavy atom. The van der Waals surface area contributed by atoms with Gasteiger partial charge in [-0.3, -0.25) is 0 Å². The first-order valence-corrected chi connectivity index (χ1v) is 3.48. The summed E-state index contributed by atoms with van der Waals surface area (Å²) >= 11 is 0. The first-order valence-electron chi connectivity index (χ1n) is 3.48. The molecule has 0 aromatic rings. The van der Waals surface area contributed by atoms with Crippen LogP contribution in [-0.4, -0.2) is 36.5 Å². The monoisotopic (exact) mass is 158 g/mol. The van der Waals surface area contributed by atoms with Crippen LogP contribution in [0.25, 0.3) is 0 Å². The molecule has 11 heavy (non-hydrogen) atoms. The lowest BCUT2D eigenvalue weighted by atomic mass is 10.0. The number of aliphatic hydroxyl groups is 1. The Labute approximate surface area is 64.2 Å². The van der Waals surface area contributed by atoms with E-state index < -0.39 is 12.2 Å². The fourth-order valence-corrected chi connectivity index (χ4v) is 1.21. The van der Waals surface area contributed by atoms with Crippen LogP contribution in [-0.2, 0) is 14.3 Å². The minimum Gasteiger partial charge on any atom is -0.396 e. The quantitative estimate of drug-likeness (QED) is 0.543. The molecule has 0 radical (unpaired) electrons. The molecule has 1 aliphatic rings. The van der Waals surface area contributed by atoms with Crippen molar-refractivity contribution in [2.75, 3.05) is 6.61 Å². The lowest BCUT2D eigenvalue weighted by Gasteiger charge is -2.06. The van der Waals surface area contributed by atoms with E-state index in [0.717, 1.165) is 0 Å². The number of hydrogen-bond donors (Lipinski definition) is 1. The van der Waals surface area contributed by atoms with Gasteiger partial charge in [0.1, 0.15) is 24.8 Å². The van der Waals surface area contributed by atoms with Gasteiger partial charge in [0.15, 0.2) is 0 Å². The fraction of sp³-hybridized carbons (Fsp3) is 0.714. The van der Waals surface area contributed by atoms with Gasteiger partial charge in [0, 0.05) is 12.5 Å². The molecule has 1 saturated heterocycles. The van der Waals surface area contributed by atoms with Crippen molar-refractivity contribution in [1.29, 1.82) is 0 Å². The Bertz CT molecular complexity index is 157. The molecule has 0 unspecified atom stereocenters. The molecule has 0 aromatic heterocycles. The van der Waals surface area contributed by atoms with Gasteiger partial charge in [-0.1, -0.05) is 0 Å². The van der Waals surface area contributed by atoms with Gasteiger partial charge in [-0.05, 0) is 6.42 Å². The molecule has 0 aliphatic carbocycles. The normalized spacial score (nSPS) is 37.0. The number of hydrogen-bond acceptors (Lipinski definition) is 4. The standard InChI is InChI=1S/C7H10O4/c8-2-5-1-6(3-9)11-7(5)4-10/h3-8H,1-2H2/t5-,6+,7+/m1/s1. The molecule has 0 aromatic carbocycles. The molecular weight excluding hydrogens is 148 g/mol. The topological polar surface area (TPSA) is 63.6 Å². The van der Waals surface area contributed by atoms with E-state index in [0.29, 0.717) is 19.0 Å². The second-order valence-electron chi connectivity index (χ2n) is 2.59. The fourth-order valence-electron chi connectivity index (χ4n) is 1.21. The van der Waals surface area contributed by atoms with Crippen LogP contribution in [0.15, 0.2) is 0 Å². The van der Waals surface area contributed by atoms with E-state index in [2.05, 4.69) is 0 Å². The van der Waals surface area contributed by atoms with E-state index >= 15 is 0 Å². The van der Waals surface area contributed by atoms with Gasteiger partial charge in [-0.25, -0.2) is 0 Å². The zero-order chi connectivity index (χ0) is 8.27. The summed E-state index contributed by atoms with van der Waals surface area (Å²) in [4.78, 5) is 20.5. The third-order valence-electron chi connectivity index (χ3n) is 1.85. The molecule has 0 saturated carbocycles. The van der Waals surface area contributed by atoms with Gasteiger partial charge >= 0.3 is 0 Å². The SMILES string of the molecule is O=C[C@@H]1C[C@H](CO)[C@H](C=O)O1. The van der Waals surface area contributed by atoms with Crippen LogP contribution in [0, 0.1) is 5.92 Å². The predicted molar refractivity (Wildman–Crippen MR) is 36.0 cm³/mol. The molecule has 0 bridgehead atoms. The van der Waals surface area contributed by atoms with Crippen molar-refractivity contribution in [2.24, 2.45) is 5.92 Å². The Balaban J connectivity index is 2.53. The number of carbonyl (C=O) groups excluding carboxylic acids is 2. The van der Waals surface area contributed by atoms with Crippen LogP contribution in [0.5, 0.6) is 0 Å². The third kappa shape index (κ3) is 1.64. The maximum Gasteiger partial charge on any atom is 0.149 e. The molecule has 1 fully saturated rings. The van der Waals surface area contributed by atoms with E-state index in [9.17, 15) is 9.59 Å². The molecular formula is C7H10O4. The van der Waals surface area contributed by atoms with Crippen molar-refractivity contribution in [3.63, 3.8) is 0 Å². The number of carbonyl (C=O) groups is 2. The van der Waals surface area contributed by atoms with Crippen LogP contribution in [0.1, 0.15) is 6.42 Å². The van der Waals surface area contributed by atoms with Gasteiger partial charge in [0.25, 0.3) is 0 Å². The van der Waals surface area contributed by atoms with Crippen LogP contribution in [0.2, 0.25) is 0 Å². The van der Waals surface area contributed by atoms with Crippen molar-refractivity contribution in [1.82, 2.24) is 0 Å². The smallest absolute Gasteiger partial charge is 0.149 e. The Morgan fingerprint density at radius 3 is 2.55 bits per heavy atom. The van der Waals surface area contributed by atoms with Gasteiger partial charge in [-0.15, -0.1) is 0 Å². The lowest BCUT2D eigenvalue weighted by Crippen LogP contribution is -2.20. The Kier molecular flexibility index (Phi) is 2.73. The van der Waals surface area contributed by atoms with Crippen molar-refractivity contribution in [3.05, 3.63) is 0 Å². The van der Waals surface area contributed by atoms with Crippen molar-refractivity contribution in [2.45, 2.75) is 18.6 Å². The highest BCUT2D eigenvalue weighted by atomic mass is 16.5. The molecule has 0 amide bonds. The van der Waals surface area contributed by atoms with Crippen molar-refractivity contribution < 1.29 is 19.4 Å². The zero-order valence-electron chi connectivity index (χ0n) is 5.97. The molecule has 3 atom stereocenters. The van der Waals surface area contributed by atoms with Crippen molar-refractivity contribution >= 4 is 12.6 Å². The molecule has 1 rings (SSSR count). The van der Waals surface area contributed by atoms with E-state index in [4.69, 9.17) is 9.84 Å². The molecule has 0 spiro atoms. The van der Waals surface area contributed by atoms with Gasteiger partial charge in [0.05, 0.1) is 0 Å². The van der Waals surface area contributed by atoms with Crippen LogP contribution in [0.3, 0.4) is 0 Å². The highest BCUT2D eigenvalue weighted by molar-refractivity contribution is 5.62. The highest BCUT2D eigenvalue weighted by Gasteiger charge is 2.33. The summed E-state index contributed by atoms with van der Waals surface area (Å²) in [6.45, 7) is -0.103. The largest absolute Gasteiger partial charge is 0.396 e. The van der Waals surface area contributed by atoms with E-state index in [1.165, 1.54) is 0 Å². The molecule has 1 N–H and O–H groups in total. The summed E-state index contributed by atoms with van der Waals surface area (Å²) in [7, 11) is 0. The van der Waals surface area contributed by atoms with Crippen LogP contribution >= 0.6 is 0 Å². The lowest BCUT2D eigenvalue weighted by molar-refractivity contribution is -0.124. The van der Waals surface area contributed by atoms with Crippen LogP contribution < -0.4 is 0 Å². The maximum atomic E-state index is 10.3. The number of rotatable bonds is 3. The highest BCUT2D eigenvalue weighted by Crippen LogP contribution is 2.23. The summed E-state index contributed by atoms with van der Waals surface area (Å²) in [5, 5.41) is 8.73. The first-order chi connectivity index (χ1) is 5.31. The second kappa shape index (κ2) is 3.59. The van der Waals surface area contributed by atoms with Gasteiger partial charge in [0.2, 0.25) is 0 Å². The minimum atomic E-state index is -0.602. The number of aliphatic hydroxyl groups excluding tert-OH is 1. The third-order valence-corrected chi connectivity index (χ3v) is 1.85. The molecule has 62 valence electrons. The van der Waals surface area contributed by atoms with Crippen LogP contribution in [0.4, 0.5) is 0 Å². The average molecular weight is 158 g/mol. The van der Waals surface area contributed by atoms with E-state index in [-0.39, 0.29) is 12.5 Å². The summed E-state index contributed by atoms with van der Waals surface area (Å²) in [6, 6.07) is 0. The van der Waals surface area contributed by atoms with E-state index in [1.54, 1.807) is 0 Å². The molecule has 1 heterocycles. The van der Waals surface area contributed by atoms with E-state index in [1.807, 2.05) is 0 Å². The summed E-state index contributed by atoms with van der Waals surface area (Å²) in [5.74, 6) is -0.206. The van der Waals surface area contributed by atoms with Gasteiger partial charge < -0.3 is 19.4 Å². The van der Waals surface area contributed by atoms with Crippen molar-refractivity contribution in [3.8, 4) is 0 Å². The Hall–Kier alpha value is -0.740. The molecule has 4 nitrogen and oxygen atoms in total. The summed E-state index contributed by atoms with van der Waals surface area (Å²) in [6.07, 6.45) is 0.623. The Morgan fingerprint density at radius 1 is 1.45 bits per heavy atom. The number of aldehydes is 2. The van der Waals surface area contributed by atoms with Gasteiger partial charge in [-0.2, -0.15) is 0 Å². The maximum absolute atomic E-state index is 10.3. The summed E-state index contributed by atoms with van der Waals surface area (Å²) in [5.41, 5.74) is 0. The first kappa shape index (κ1) is 8.36. The minimum absolute atomic E-state index is 0.103. The number of ether oxygens (including phenoxy) is 1. The second-order valence-corrected chi connectivity index (χ2v) is 2.59. The molecule has 1 aliphatic heterocycles. The molecule has 4 heteroatoms. The summed E-state index contributed by atoms with van der Waals surface area (Å²) < 4.78 is 4.97. The average Bonchev–Trinajstić information content (AvgIpc) is 2.46. The predicted octanol–water partition coefficient (Wildman–Crippen LogP) is -0.850.